The van der Waals surface area contributed by atoms with Crippen LogP contribution in [0.2, 0.25) is 0 Å². The Hall–Kier alpha value is -6.00. The number of carbonyl (C=O) groups is 4. The number of fused-ring (bicyclic) bond motifs is 5. The van der Waals surface area contributed by atoms with Crippen molar-refractivity contribution in [3.63, 3.8) is 0 Å². The van der Waals surface area contributed by atoms with Crippen molar-refractivity contribution in [2.24, 2.45) is 29.6 Å². The smallest absolute Gasteiger partial charge is 0.260 e. The van der Waals surface area contributed by atoms with E-state index in [-0.39, 0.29) is 41.8 Å². The van der Waals surface area contributed by atoms with Gasteiger partial charge in [0, 0.05) is 43.6 Å². The van der Waals surface area contributed by atoms with Crippen LogP contribution in [0.5, 0.6) is 11.5 Å². The monoisotopic (exact) mass is 774 g/mol. The van der Waals surface area contributed by atoms with Crippen LogP contribution in [0, 0.1) is 36.5 Å². The molecule has 10 nitrogen and oxygen atoms in total. The second-order valence-corrected chi connectivity index (χ2v) is 16.9. The Morgan fingerprint density at radius 2 is 1.55 bits per heavy atom. The molecule has 4 heterocycles. The number of rotatable bonds is 7. The van der Waals surface area contributed by atoms with Crippen molar-refractivity contribution in [1.82, 2.24) is 14.8 Å². The first-order valence-corrected chi connectivity index (χ1v) is 20.5. The number of anilines is 1. The molecule has 0 radical (unpaired) electrons. The van der Waals surface area contributed by atoms with Crippen LogP contribution in [-0.4, -0.2) is 62.7 Å². The number of nitrogens with zero attached hydrogens (tertiary/aromatic N) is 3. The summed E-state index contributed by atoms with van der Waals surface area (Å²) < 4.78 is 6.26. The maximum atomic E-state index is 15.5. The number of hydrogen-bond acceptors (Lipinski definition) is 8. The number of allylic oxidation sites excluding steroid dienone is 3. The Morgan fingerprint density at radius 1 is 0.828 bits per heavy atom. The van der Waals surface area contributed by atoms with E-state index in [0.717, 1.165) is 41.9 Å². The molecule has 1 saturated carbocycles. The van der Waals surface area contributed by atoms with Crippen LogP contribution in [0.3, 0.4) is 0 Å². The predicted octanol–water partition coefficient (Wildman–Crippen LogP) is 6.70. The topological polar surface area (TPSA) is 119 Å². The van der Waals surface area contributed by atoms with Crippen LogP contribution in [0.4, 0.5) is 5.69 Å². The van der Waals surface area contributed by atoms with Gasteiger partial charge in [-0.3, -0.25) is 34.4 Å². The first-order valence-electron chi connectivity index (χ1n) is 20.5. The van der Waals surface area contributed by atoms with E-state index in [4.69, 9.17) is 4.74 Å². The van der Waals surface area contributed by atoms with Crippen LogP contribution < -0.4 is 10.2 Å². The summed E-state index contributed by atoms with van der Waals surface area (Å²) in [4.78, 5) is 63.8. The zero-order valence-corrected chi connectivity index (χ0v) is 32.4. The van der Waals surface area contributed by atoms with Gasteiger partial charge in [0.2, 0.25) is 11.8 Å². The molecular weight excluding hydrogens is 729 g/mol. The van der Waals surface area contributed by atoms with Crippen LogP contribution in [0.25, 0.3) is 0 Å². The number of hydrazine groups is 1. The third-order valence-electron chi connectivity index (χ3n) is 13.7. The highest BCUT2D eigenvalue weighted by atomic mass is 16.5. The zero-order valence-electron chi connectivity index (χ0n) is 32.4. The minimum absolute atomic E-state index is 0.0992. The van der Waals surface area contributed by atoms with E-state index in [1.807, 2.05) is 79.7 Å². The van der Waals surface area contributed by atoms with E-state index >= 15 is 9.59 Å². The Kier molecular flexibility index (Phi) is 8.85. The van der Waals surface area contributed by atoms with Crippen LogP contribution in [0.15, 0.2) is 127 Å². The predicted molar refractivity (Wildman–Crippen MR) is 217 cm³/mol. The number of ether oxygens (including phenoxy) is 1. The number of likely N-dealkylation sites (tertiary alicyclic amines) is 2. The molecule has 2 aliphatic carbocycles. The molecule has 4 aliphatic heterocycles. The van der Waals surface area contributed by atoms with Crippen molar-refractivity contribution in [2.75, 3.05) is 18.5 Å². The fraction of sp³-hybridized carbons (Fsp3) is 0.333. The van der Waals surface area contributed by atoms with Crippen molar-refractivity contribution in [2.45, 2.75) is 57.0 Å². The van der Waals surface area contributed by atoms with E-state index in [0.29, 0.717) is 42.7 Å². The molecule has 4 amide bonds. The molecule has 10 rings (SSSR count). The van der Waals surface area contributed by atoms with E-state index in [2.05, 4.69) is 28.5 Å². The third-order valence-corrected chi connectivity index (χ3v) is 13.7. The van der Waals surface area contributed by atoms with Crippen molar-refractivity contribution in [1.29, 1.82) is 0 Å². The Morgan fingerprint density at radius 3 is 2.29 bits per heavy atom. The first-order chi connectivity index (χ1) is 28.2. The molecule has 0 aromatic heterocycles. The molecule has 3 saturated heterocycles. The molecule has 4 fully saturated rings. The van der Waals surface area contributed by atoms with Gasteiger partial charge in [0.15, 0.2) is 0 Å². The average Bonchev–Trinajstić information content (AvgIpc) is 3.62. The molecular formula is C48H46N4O6. The number of benzene rings is 4. The summed E-state index contributed by atoms with van der Waals surface area (Å²) in [6.07, 6.45) is 6.19. The lowest BCUT2D eigenvalue weighted by molar-refractivity contribution is -0.144. The highest BCUT2D eigenvalue weighted by molar-refractivity contribution is 6.13. The number of piperidine rings is 1. The summed E-state index contributed by atoms with van der Waals surface area (Å²) in [5.74, 6) is -3.46. The number of aryl methyl sites for hydroxylation is 1. The van der Waals surface area contributed by atoms with Gasteiger partial charge in [-0.05, 0) is 85.6 Å². The number of carbonyl (C=O) groups excluding carboxylic acids is 4. The quantitative estimate of drug-likeness (QED) is 0.157. The molecule has 4 aromatic rings. The van der Waals surface area contributed by atoms with Gasteiger partial charge in [-0.25, -0.2) is 0 Å². The van der Waals surface area contributed by atoms with Gasteiger partial charge in [0.05, 0.1) is 35.1 Å². The summed E-state index contributed by atoms with van der Waals surface area (Å²) in [7, 11) is 0. The van der Waals surface area contributed by atoms with Gasteiger partial charge in [0.1, 0.15) is 11.5 Å². The number of phenols is 1. The number of imide groups is 2. The van der Waals surface area contributed by atoms with E-state index in [1.165, 1.54) is 10.6 Å². The van der Waals surface area contributed by atoms with Gasteiger partial charge >= 0.3 is 0 Å². The number of hydrogen-bond donors (Lipinski definition) is 2. The average molecular weight is 775 g/mol. The Balaban J connectivity index is 1.04. The minimum Gasteiger partial charge on any atom is -0.508 e. The van der Waals surface area contributed by atoms with Gasteiger partial charge in [-0.2, -0.15) is 5.01 Å². The number of nitrogens with one attached hydrogen (secondary N) is 1. The molecule has 0 bridgehead atoms. The molecule has 4 aromatic carbocycles. The van der Waals surface area contributed by atoms with Gasteiger partial charge < -0.3 is 9.84 Å². The summed E-state index contributed by atoms with van der Waals surface area (Å²) in [5.41, 5.74) is 7.83. The number of amides is 4. The van der Waals surface area contributed by atoms with E-state index in [1.54, 1.807) is 29.4 Å². The lowest BCUT2D eigenvalue weighted by Crippen LogP contribution is -2.55. The summed E-state index contributed by atoms with van der Waals surface area (Å²) >= 11 is 0. The lowest BCUT2D eigenvalue weighted by atomic mass is 9.48. The van der Waals surface area contributed by atoms with Crippen LogP contribution >= 0.6 is 0 Å². The zero-order chi connectivity index (χ0) is 39.7. The molecule has 6 atom stereocenters. The standard InChI is InChI=1S/C48H46N4O6/c1-29-12-14-34(15-13-29)49-52-45(55)40-26-39-37(17-18-38-42(39)46(56)51(44(38)54)35-20-22-50(23-21-35)27-30-8-4-2-5-9-30)43(48(40,47(52)57)33-10-6-3-7-11-33)32-24-31-25-36(53)16-19-41(31)58-28-32/h2-17,19,25,28,35,38-40,42-43,49,53H,18,20-24,26-27H2,1H3. The third kappa shape index (κ3) is 5.71. The maximum Gasteiger partial charge on any atom is 0.260 e. The van der Waals surface area contributed by atoms with Crippen molar-refractivity contribution < 1.29 is 29.0 Å². The van der Waals surface area contributed by atoms with E-state index < -0.39 is 35.0 Å². The number of phenolic OH excluding ortho intramolecular Hbond substituents is 1. The molecule has 0 spiro atoms. The summed E-state index contributed by atoms with van der Waals surface area (Å²) in [6.45, 7) is 4.38. The van der Waals surface area contributed by atoms with Crippen molar-refractivity contribution in [3.05, 3.63) is 149 Å². The second-order valence-electron chi connectivity index (χ2n) is 16.9. The normalized spacial score (nSPS) is 28.3. The molecule has 2 N–H and O–H groups in total. The molecule has 10 heteroatoms. The largest absolute Gasteiger partial charge is 0.508 e. The van der Waals surface area contributed by atoms with Crippen LogP contribution in [0.1, 0.15) is 47.9 Å². The molecule has 6 aliphatic rings. The molecule has 294 valence electrons. The summed E-state index contributed by atoms with van der Waals surface area (Å²) in [5, 5.41) is 11.7. The fourth-order valence-electron chi connectivity index (χ4n) is 11.1. The molecule has 6 unspecified atom stereocenters. The second kappa shape index (κ2) is 14.1. The maximum absolute atomic E-state index is 15.5. The van der Waals surface area contributed by atoms with Gasteiger partial charge in [0.25, 0.3) is 11.8 Å². The fourth-order valence-corrected chi connectivity index (χ4v) is 11.1. The SMILES string of the molecule is Cc1ccc(NN2C(=O)C3CC4C(=CCC5C(=O)N(C6CCN(Cc7ccccc7)CC6)C(=O)C54)C(C4=COc5ccc(O)cc5C4)C3(c3ccccc3)C2=O)cc1. The highest BCUT2D eigenvalue weighted by Crippen LogP contribution is 2.63. The van der Waals surface area contributed by atoms with Crippen LogP contribution in [-0.2, 0) is 37.6 Å². The highest BCUT2D eigenvalue weighted by Gasteiger charge is 2.71. The van der Waals surface area contributed by atoms with Gasteiger partial charge in [-0.15, -0.1) is 0 Å². The van der Waals surface area contributed by atoms with Gasteiger partial charge in [-0.1, -0.05) is 90.0 Å². The summed E-state index contributed by atoms with van der Waals surface area (Å²) in [6, 6.07) is 32.2. The van der Waals surface area contributed by atoms with Crippen molar-refractivity contribution >= 4 is 29.3 Å². The minimum atomic E-state index is -1.38. The Labute approximate surface area is 337 Å². The van der Waals surface area contributed by atoms with Crippen molar-refractivity contribution in [3.8, 4) is 11.5 Å². The molecule has 58 heavy (non-hydrogen) atoms. The van der Waals surface area contributed by atoms with E-state index in [9.17, 15) is 14.7 Å². The lowest BCUT2D eigenvalue weighted by Gasteiger charge is -2.51. The Bertz CT molecular complexity index is 2370. The number of aromatic hydroxyl groups is 1. The first kappa shape index (κ1) is 36.3.